The van der Waals surface area contributed by atoms with Crippen molar-refractivity contribution < 1.29 is 17.9 Å². The van der Waals surface area contributed by atoms with E-state index in [9.17, 15) is 13.2 Å². The molecule has 6 heteroatoms. The van der Waals surface area contributed by atoms with Gasteiger partial charge in [0.25, 0.3) is 0 Å². The summed E-state index contributed by atoms with van der Waals surface area (Å²) in [5.41, 5.74) is 0.308. The van der Waals surface area contributed by atoms with Crippen molar-refractivity contribution in [3.8, 4) is 0 Å². The summed E-state index contributed by atoms with van der Waals surface area (Å²) >= 11 is 6.00. The Bertz CT molecular complexity index is 881. The maximum Gasteiger partial charge on any atom is 0.416 e. The van der Waals surface area contributed by atoms with Crippen LogP contribution in [0.1, 0.15) is 63.8 Å². The number of rotatable bonds is 6. The number of ether oxygens (including phenoxy) is 1. The molecular weight excluding hydrogens is 423 g/mol. The lowest BCUT2D eigenvalue weighted by molar-refractivity contribution is -0.143. The molecule has 1 saturated heterocycles. The van der Waals surface area contributed by atoms with Crippen LogP contribution in [0, 0.1) is 5.41 Å². The molecule has 1 fully saturated rings. The van der Waals surface area contributed by atoms with E-state index >= 15 is 0 Å². The second-order valence-corrected chi connectivity index (χ2v) is 10.7. The Balaban J connectivity index is 1.84. The van der Waals surface area contributed by atoms with Crippen molar-refractivity contribution >= 4 is 11.6 Å². The largest absolute Gasteiger partial charge is 0.416 e. The first kappa shape index (κ1) is 24.1. The van der Waals surface area contributed by atoms with Crippen molar-refractivity contribution in [2.24, 2.45) is 5.41 Å². The molecule has 0 saturated carbocycles. The van der Waals surface area contributed by atoms with Gasteiger partial charge in [-0.25, -0.2) is 0 Å². The zero-order valence-electron chi connectivity index (χ0n) is 18.8. The highest BCUT2D eigenvalue weighted by Crippen LogP contribution is 2.41. The zero-order chi connectivity index (χ0) is 23.0. The van der Waals surface area contributed by atoms with E-state index in [1.54, 1.807) is 30.3 Å². The SMILES string of the molecule is CC(C)(C)CC(C)(C)N1CC(OC(c2ccc(Cl)cc2)c2ccccc2C(F)(F)F)C1. The van der Waals surface area contributed by atoms with Gasteiger partial charge in [-0.15, -0.1) is 0 Å². The van der Waals surface area contributed by atoms with Crippen LogP contribution in [0.4, 0.5) is 13.2 Å². The molecule has 3 rings (SSSR count). The lowest BCUT2D eigenvalue weighted by Crippen LogP contribution is -2.61. The quantitative estimate of drug-likeness (QED) is 0.453. The molecule has 0 spiro atoms. The van der Waals surface area contributed by atoms with Crippen molar-refractivity contribution in [3.63, 3.8) is 0 Å². The van der Waals surface area contributed by atoms with Gasteiger partial charge in [0, 0.05) is 23.7 Å². The summed E-state index contributed by atoms with van der Waals surface area (Å²) in [5.74, 6) is 0. The van der Waals surface area contributed by atoms with Crippen LogP contribution in [0.2, 0.25) is 5.02 Å². The van der Waals surface area contributed by atoms with Crippen LogP contribution in [0.15, 0.2) is 48.5 Å². The maximum atomic E-state index is 13.7. The summed E-state index contributed by atoms with van der Waals surface area (Å²) in [6.07, 6.45) is -4.39. The molecule has 1 aliphatic heterocycles. The average Bonchev–Trinajstić information content (AvgIpc) is 2.59. The third-order valence-electron chi connectivity index (χ3n) is 5.72. The monoisotopic (exact) mass is 453 g/mol. The fraction of sp³-hybridized carbons (Fsp3) is 0.520. The topological polar surface area (TPSA) is 12.5 Å². The van der Waals surface area contributed by atoms with Gasteiger partial charge in [0.1, 0.15) is 6.10 Å². The minimum absolute atomic E-state index is 0.00223. The predicted octanol–water partition coefficient (Wildman–Crippen LogP) is 7.36. The number of benzene rings is 2. The van der Waals surface area contributed by atoms with Crippen LogP contribution < -0.4 is 0 Å². The van der Waals surface area contributed by atoms with Crippen molar-refractivity contribution in [2.75, 3.05) is 13.1 Å². The van der Waals surface area contributed by atoms with E-state index in [0.29, 0.717) is 23.7 Å². The molecule has 0 amide bonds. The second-order valence-electron chi connectivity index (χ2n) is 10.2. The first-order chi connectivity index (χ1) is 14.3. The van der Waals surface area contributed by atoms with Gasteiger partial charge in [0.05, 0.1) is 11.7 Å². The highest BCUT2D eigenvalue weighted by atomic mass is 35.5. The fourth-order valence-electron chi connectivity index (χ4n) is 4.57. The maximum absolute atomic E-state index is 13.7. The minimum atomic E-state index is -4.45. The molecule has 0 radical (unpaired) electrons. The lowest BCUT2D eigenvalue weighted by Gasteiger charge is -2.51. The molecular formula is C25H31ClF3NO. The second kappa shape index (κ2) is 8.76. The smallest absolute Gasteiger partial charge is 0.363 e. The molecule has 0 aliphatic carbocycles. The molecule has 1 aliphatic rings. The first-order valence-corrected chi connectivity index (χ1v) is 11.0. The molecule has 170 valence electrons. The van der Waals surface area contributed by atoms with Crippen molar-refractivity contribution in [2.45, 2.75) is 65.0 Å². The number of hydrogen-bond acceptors (Lipinski definition) is 2. The van der Waals surface area contributed by atoms with Gasteiger partial charge < -0.3 is 4.74 Å². The Labute approximate surface area is 188 Å². The van der Waals surface area contributed by atoms with Crippen LogP contribution in [0.3, 0.4) is 0 Å². The summed E-state index contributed by atoms with van der Waals surface area (Å²) < 4.78 is 47.4. The van der Waals surface area contributed by atoms with E-state index in [1.807, 2.05) is 0 Å². The fourth-order valence-corrected chi connectivity index (χ4v) is 4.70. The van der Waals surface area contributed by atoms with E-state index in [4.69, 9.17) is 16.3 Å². The van der Waals surface area contributed by atoms with E-state index in [2.05, 4.69) is 39.5 Å². The molecule has 1 unspecified atom stereocenters. The van der Waals surface area contributed by atoms with E-state index in [-0.39, 0.29) is 22.6 Å². The van der Waals surface area contributed by atoms with E-state index < -0.39 is 17.8 Å². The lowest BCUT2D eigenvalue weighted by atomic mass is 9.79. The van der Waals surface area contributed by atoms with Gasteiger partial charge in [-0.05, 0) is 55.0 Å². The summed E-state index contributed by atoms with van der Waals surface area (Å²) in [6.45, 7) is 12.5. The number of nitrogens with zero attached hydrogens (tertiary/aromatic N) is 1. The van der Waals surface area contributed by atoms with Crippen LogP contribution in [0.25, 0.3) is 0 Å². The van der Waals surface area contributed by atoms with Crippen LogP contribution >= 0.6 is 11.6 Å². The van der Waals surface area contributed by atoms with Gasteiger partial charge in [0.15, 0.2) is 0 Å². The third-order valence-corrected chi connectivity index (χ3v) is 5.97. The number of hydrogen-bond donors (Lipinski definition) is 0. The average molecular weight is 454 g/mol. The van der Waals surface area contributed by atoms with E-state index in [1.165, 1.54) is 12.1 Å². The summed E-state index contributed by atoms with van der Waals surface area (Å²) in [7, 11) is 0. The van der Waals surface area contributed by atoms with Crippen LogP contribution in [-0.4, -0.2) is 29.6 Å². The van der Waals surface area contributed by atoms with E-state index in [0.717, 1.165) is 12.5 Å². The van der Waals surface area contributed by atoms with Crippen molar-refractivity contribution in [3.05, 3.63) is 70.2 Å². The molecule has 2 aromatic carbocycles. The van der Waals surface area contributed by atoms with Gasteiger partial charge in [0.2, 0.25) is 0 Å². The highest BCUT2D eigenvalue weighted by molar-refractivity contribution is 6.30. The zero-order valence-corrected chi connectivity index (χ0v) is 19.5. The number of alkyl halides is 3. The van der Waals surface area contributed by atoms with Crippen molar-refractivity contribution in [1.82, 2.24) is 4.90 Å². The molecule has 2 aromatic rings. The minimum Gasteiger partial charge on any atom is -0.363 e. The summed E-state index contributed by atoms with van der Waals surface area (Å²) in [4.78, 5) is 2.34. The standard InChI is InChI=1S/C25H31ClF3NO/c1-23(2,3)16-24(4,5)30-14-19(15-30)31-22(17-10-12-18(26)13-11-17)20-8-6-7-9-21(20)25(27,28)29/h6-13,19,22H,14-16H2,1-5H3. The first-order valence-electron chi connectivity index (χ1n) is 10.6. The highest BCUT2D eigenvalue weighted by Gasteiger charge is 2.42. The Kier molecular flexibility index (Phi) is 6.81. The van der Waals surface area contributed by atoms with Crippen LogP contribution in [-0.2, 0) is 10.9 Å². The number of likely N-dealkylation sites (tertiary alicyclic amines) is 1. The molecule has 31 heavy (non-hydrogen) atoms. The van der Waals surface area contributed by atoms with Crippen LogP contribution in [0.5, 0.6) is 0 Å². The Morgan fingerprint density at radius 2 is 1.55 bits per heavy atom. The Morgan fingerprint density at radius 3 is 2.10 bits per heavy atom. The molecule has 0 aromatic heterocycles. The Morgan fingerprint density at radius 1 is 0.968 bits per heavy atom. The molecule has 2 nitrogen and oxygen atoms in total. The molecule has 1 atom stereocenters. The van der Waals surface area contributed by atoms with Gasteiger partial charge in [-0.1, -0.05) is 62.7 Å². The summed E-state index contributed by atoms with van der Waals surface area (Å²) in [5, 5.41) is 0.533. The molecule has 0 N–H and O–H groups in total. The Hall–Kier alpha value is -1.56. The predicted molar refractivity (Wildman–Crippen MR) is 119 cm³/mol. The summed E-state index contributed by atoms with van der Waals surface area (Å²) in [6, 6.07) is 12.5. The third kappa shape index (κ3) is 6.03. The van der Waals surface area contributed by atoms with Gasteiger partial charge in [-0.2, -0.15) is 13.2 Å². The molecule has 0 bridgehead atoms. The van der Waals surface area contributed by atoms with Gasteiger partial charge in [-0.3, -0.25) is 4.90 Å². The van der Waals surface area contributed by atoms with Gasteiger partial charge >= 0.3 is 6.18 Å². The molecule has 1 heterocycles. The number of halogens is 4. The normalized spacial score (nSPS) is 17.5. The van der Waals surface area contributed by atoms with Crippen molar-refractivity contribution in [1.29, 1.82) is 0 Å².